The lowest BCUT2D eigenvalue weighted by atomic mass is 9.78. The maximum Gasteiger partial charge on any atom is 0.416 e. The molecule has 0 bridgehead atoms. The third kappa shape index (κ3) is 5.66. The van der Waals surface area contributed by atoms with Crippen molar-refractivity contribution in [2.45, 2.75) is 44.3 Å². The molecule has 2 aliphatic rings. The second-order valence-corrected chi connectivity index (χ2v) is 7.84. The second-order valence-electron chi connectivity index (χ2n) is 6.98. The molecule has 2 N–H and O–H groups in total. The molecular weight excluding hydrogens is 468 g/mol. The van der Waals surface area contributed by atoms with E-state index in [9.17, 15) is 18.3 Å². The molecule has 0 radical (unpaired) electrons. The number of phenolic OH excluding ortho intramolecular Hbond substituents is 1. The van der Waals surface area contributed by atoms with Crippen molar-refractivity contribution in [2.24, 2.45) is 5.92 Å². The second kappa shape index (κ2) is 10.5. The fourth-order valence-electron chi connectivity index (χ4n) is 4.25. The van der Waals surface area contributed by atoms with Gasteiger partial charge >= 0.3 is 6.18 Å². The van der Waals surface area contributed by atoms with Crippen molar-refractivity contribution in [3.05, 3.63) is 27.7 Å². The zero-order valence-corrected chi connectivity index (χ0v) is 18.1. The molecule has 0 spiro atoms. The molecule has 1 saturated heterocycles. The maximum atomic E-state index is 13.7. The molecule has 0 amide bonds. The molecule has 1 aromatic rings. The van der Waals surface area contributed by atoms with Crippen molar-refractivity contribution in [1.82, 2.24) is 10.2 Å². The predicted molar refractivity (Wildman–Crippen MR) is 109 cm³/mol. The summed E-state index contributed by atoms with van der Waals surface area (Å²) in [7, 11) is 0. The summed E-state index contributed by atoms with van der Waals surface area (Å²) in [6.07, 6.45) is 0.582. The number of alkyl halides is 3. The zero-order valence-electron chi connectivity index (χ0n) is 14.9. The van der Waals surface area contributed by atoms with Crippen LogP contribution in [0.5, 0.6) is 5.75 Å². The predicted octanol–water partition coefficient (Wildman–Crippen LogP) is 5.54. The highest BCUT2D eigenvalue weighted by Crippen LogP contribution is 2.48. The van der Waals surface area contributed by atoms with Crippen LogP contribution in [0.15, 0.2) is 16.6 Å². The van der Waals surface area contributed by atoms with Crippen LogP contribution in [-0.4, -0.2) is 36.2 Å². The summed E-state index contributed by atoms with van der Waals surface area (Å²) in [4.78, 5) is 2.13. The minimum absolute atomic E-state index is 0. The Hall–Kier alpha value is -0.210. The number of benzene rings is 1. The van der Waals surface area contributed by atoms with Gasteiger partial charge in [0, 0.05) is 37.8 Å². The summed E-state index contributed by atoms with van der Waals surface area (Å²) in [5.74, 6) is -0.114. The summed E-state index contributed by atoms with van der Waals surface area (Å²) in [5.41, 5.74) is -0.655. The monoisotopic (exact) mass is 492 g/mol. The average molecular weight is 494 g/mol. The Bertz CT molecular complexity index is 589. The van der Waals surface area contributed by atoms with Crippen molar-refractivity contribution < 1.29 is 18.3 Å². The Labute approximate surface area is 179 Å². The average Bonchev–Trinajstić information content (AvgIpc) is 2.60. The molecule has 1 saturated carbocycles. The van der Waals surface area contributed by atoms with Gasteiger partial charge < -0.3 is 10.4 Å². The normalized spacial score (nSPS) is 20.4. The lowest BCUT2D eigenvalue weighted by Gasteiger charge is -2.42. The quantitative estimate of drug-likeness (QED) is 0.579. The fourth-order valence-corrected chi connectivity index (χ4v) is 4.60. The third-order valence-electron chi connectivity index (χ3n) is 5.41. The van der Waals surface area contributed by atoms with E-state index in [0.29, 0.717) is 17.6 Å². The Balaban J connectivity index is 0.00000182. The van der Waals surface area contributed by atoms with Gasteiger partial charge in [0.2, 0.25) is 0 Å². The molecule has 1 aliphatic carbocycles. The number of hydrogen-bond donors (Lipinski definition) is 2. The molecule has 156 valence electrons. The van der Waals surface area contributed by atoms with Crippen LogP contribution in [0.1, 0.15) is 49.3 Å². The number of nitrogens with zero attached hydrogens (tertiary/aromatic N) is 1. The van der Waals surface area contributed by atoms with Gasteiger partial charge in [-0.3, -0.25) is 4.90 Å². The summed E-state index contributed by atoms with van der Waals surface area (Å²) in [6, 6.07) is 1.99. The number of piperazine rings is 1. The van der Waals surface area contributed by atoms with Gasteiger partial charge in [-0.15, -0.1) is 24.8 Å². The van der Waals surface area contributed by atoms with Gasteiger partial charge in [0.15, 0.2) is 0 Å². The SMILES string of the molecule is Cl.Cl.Oc1c(Br)ccc(C(F)(F)F)c1[C@H](C1CCCCC1)N1CCNCC1. The number of aromatic hydroxyl groups is 1. The molecule has 0 aromatic heterocycles. The van der Waals surface area contributed by atoms with Crippen LogP contribution in [0.3, 0.4) is 0 Å². The van der Waals surface area contributed by atoms with E-state index >= 15 is 0 Å². The highest BCUT2D eigenvalue weighted by atomic mass is 79.9. The topological polar surface area (TPSA) is 35.5 Å². The fraction of sp³-hybridized carbons (Fsp3) is 0.667. The number of rotatable bonds is 3. The van der Waals surface area contributed by atoms with Gasteiger partial charge in [0.05, 0.1) is 10.0 Å². The van der Waals surface area contributed by atoms with E-state index in [1.165, 1.54) is 6.07 Å². The molecule has 3 rings (SSSR count). The third-order valence-corrected chi connectivity index (χ3v) is 6.05. The van der Waals surface area contributed by atoms with Crippen molar-refractivity contribution in [1.29, 1.82) is 0 Å². The minimum Gasteiger partial charge on any atom is -0.506 e. The Morgan fingerprint density at radius 3 is 2.22 bits per heavy atom. The minimum atomic E-state index is -4.48. The molecular formula is C18H26BrCl2F3N2O. The van der Waals surface area contributed by atoms with Gasteiger partial charge in [-0.1, -0.05) is 19.3 Å². The maximum absolute atomic E-state index is 13.7. The number of halogens is 6. The van der Waals surface area contributed by atoms with Crippen LogP contribution in [0, 0.1) is 5.92 Å². The number of nitrogens with one attached hydrogen (secondary N) is 1. The largest absolute Gasteiger partial charge is 0.506 e. The molecule has 2 fully saturated rings. The van der Waals surface area contributed by atoms with Crippen LogP contribution in [0.4, 0.5) is 13.2 Å². The van der Waals surface area contributed by atoms with E-state index in [-0.39, 0.29) is 42.0 Å². The van der Waals surface area contributed by atoms with Crippen LogP contribution < -0.4 is 5.32 Å². The van der Waals surface area contributed by atoms with Crippen LogP contribution in [-0.2, 0) is 6.18 Å². The van der Waals surface area contributed by atoms with Crippen LogP contribution >= 0.6 is 40.7 Å². The summed E-state index contributed by atoms with van der Waals surface area (Å²) in [5, 5.41) is 13.8. The van der Waals surface area contributed by atoms with Crippen LogP contribution in [0.25, 0.3) is 0 Å². The van der Waals surface area contributed by atoms with E-state index in [1.54, 1.807) is 0 Å². The van der Waals surface area contributed by atoms with Crippen molar-refractivity contribution in [3.8, 4) is 5.75 Å². The molecule has 27 heavy (non-hydrogen) atoms. The summed E-state index contributed by atoms with van der Waals surface area (Å²) >= 11 is 3.22. The summed E-state index contributed by atoms with van der Waals surface area (Å²) in [6.45, 7) is 2.92. The number of hydrogen-bond acceptors (Lipinski definition) is 3. The van der Waals surface area contributed by atoms with E-state index < -0.39 is 17.8 Å². The molecule has 1 heterocycles. The van der Waals surface area contributed by atoms with E-state index in [2.05, 4.69) is 26.1 Å². The molecule has 1 atom stereocenters. The highest BCUT2D eigenvalue weighted by Gasteiger charge is 2.41. The van der Waals surface area contributed by atoms with Gasteiger partial charge in [-0.2, -0.15) is 13.2 Å². The Morgan fingerprint density at radius 2 is 1.67 bits per heavy atom. The molecule has 1 aliphatic heterocycles. The standard InChI is InChI=1S/C18H24BrF3N2O.2ClH/c19-14-7-6-13(18(20,21)22)15(17(14)25)16(12-4-2-1-3-5-12)24-10-8-23-9-11-24;;/h6-7,12,16,23,25H,1-5,8-11H2;2*1H/t16-;;/m0../s1. The molecule has 3 nitrogen and oxygen atoms in total. The lowest BCUT2D eigenvalue weighted by Crippen LogP contribution is -2.47. The molecule has 1 aromatic carbocycles. The first-order valence-electron chi connectivity index (χ1n) is 8.93. The Morgan fingerprint density at radius 1 is 1.07 bits per heavy atom. The van der Waals surface area contributed by atoms with Gasteiger partial charge in [-0.25, -0.2) is 0 Å². The first-order valence-corrected chi connectivity index (χ1v) is 9.72. The van der Waals surface area contributed by atoms with Gasteiger partial charge in [-0.05, 0) is 46.8 Å². The highest BCUT2D eigenvalue weighted by molar-refractivity contribution is 9.10. The zero-order chi connectivity index (χ0) is 18.0. The van der Waals surface area contributed by atoms with E-state index in [4.69, 9.17) is 0 Å². The first-order chi connectivity index (χ1) is 11.9. The smallest absolute Gasteiger partial charge is 0.416 e. The lowest BCUT2D eigenvalue weighted by molar-refractivity contribution is -0.139. The summed E-state index contributed by atoms with van der Waals surface area (Å²) < 4.78 is 41.4. The number of phenols is 1. The van der Waals surface area contributed by atoms with E-state index in [1.807, 2.05) is 0 Å². The first kappa shape index (κ1) is 24.8. The van der Waals surface area contributed by atoms with Crippen molar-refractivity contribution >= 4 is 40.7 Å². The van der Waals surface area contributed by atoms with Crippen molar-refractivity contribution in [3.63, 3.8) is 0 Å². The van der Waals surface area contributed by atoms with Gasteiger partial charge in [0.1, 0.15) is 5.75 Å². The molecule has 9 heteroatoms. The van der Waals surface area contributed by atoms with Crippen molar-refractivity contribution in [2.75, 3.05) is 26.2 Å². The van der Waals surface area contributed by atoms with E-state index in [0.717, 1.165) is 51.3 Å². The molecule has 0 unspecified atom stereocenters. The van der Waals surface area contributed by atoms with Crippen LogP contribution in [0.2, 0.25) is 0 Å². The Kier molecular flexibility index (Phi) is 9.69. The van der Waals surface area contributed by atoms with Gasteiger partial charge in [0.25, 0.3) is 0 Å².